The number of aromatic nitrogens is 2. The van der Waals surface area contributed by atoms with Gasteiger partial charge in [-0.2, -0.15) is 5.10 Å². The van der Waals surface area contributed by atoms with Crippen LogP contribution < -0.4 is 5.32 Å². The highest BCUT2D eigenvalue weighted by atomic mass is 16.5. The van der Waals surface area contributed by atoms with Crippen molar-refractivity contribution < 1.29 is 9.53 Å². The van der Waals surface area contributed by atoms with E-state index >= 15 is 0 Å². The van der Waals surface area contributed by atoms with Crippen LogP contribution >= 0.6 is 0 Å². The van der Waals surface area contributed by atoms with Crippen LogP contribution in [-0.2, 0) is 9.53 Å². The number of anilines is 1. The van der Waals surface area contributed by atoms with Crippen LogP contribution in [-0.4, -0.2) is 78.5 Å². The van der Waals surface area contributed by atoms with Crippen LogP contribution in [0.4, 0.5) is 5.82 Å². The normalized spacial score (nSPS) is 21.3. The number of nitrogens with zero attached hydrogens (tertiary/aromatic N) is 4. The van der Waals surface area contributed by atoms with Gasteiger partial charge >= 0.3 is 0 Å². The van der Waals surface area contributed by atoms with Crippen LogP contribution in [0.2, 0.25) is 0 Å². The predicted octanol–water partition coefficient (Wildman–Crippen LogP) is 2.26. The van der Waals surface area contributed by atoms with Crippen molar-refractivity contribution in [3.63, 3.8) is 0 Å². The van der Waals surface area contributed by atoms with E-state index < -0.39 is 0 Å². The minimum absolute atomic E-state index is 0.135. The molecule has 2 aliphatic heterocycles. The van der Waals surface area contributed by atoms with Gasteiger partial charge < -0.3 is 19.9 Å². The number of ether oxygens (including phenoxy) is 1. The van der Waals surface area contributed by atoms with E-state index in [9.17, 15) is 4.79 Å². The first-order valence-corrected chi connectivity index (χ1v) is 10.5. The number of amides is 1. The molecule has 1 unspecified atom stereocenters. The fraction of sp³-hybridized carbons (Fsp3) is 0.545. The smallest absolute Gasteiger partial charge is 0.253 e. The maximum Gasteiger partial charge on any atom is 0.253 e. The van der Waals surface area contributed by atoms with Gasteiger partial charge in [0, 0.05) is 45.2 Å². The topological polar surface area (TPSA) is 62.6 Å². The molecule has 3 heterocycles. The molecule has 0 spiro atoms. The third kappa shape index (κ3) is 4.31. The minimum Gasteiger partial charge on any atom is -0.373 e. The van der Waals surface area contributed by atoms with Gasteiger partial charge in [0.25, 0.3) is 5.91 Å². The zero-order chi connectivity index (χ0) is 20.4. The average Bonchev–Trinajstić information content (AvgIpc) is 3.18. The van der Waals surface area contributed by atoms with Crippen molar-refractivity contribution in [1.29, 1.82) is 0 Å². The monoisotopic (exact) mass is 397 g/mol. The van der Waals surface area contributed by atoms with Crippen molar-refractivity contribution in [3.05, 3.63) is 41.6 Å². The van der Waals surface area contributed by atoms with E-state index in [1.54, 1.807) is 0 Å². The molecule has 2 aromatic rings. The molecule has 0 saturated carbocycles. The van der Waals surface area contributed by atoms with E-state index in [1.807, 2.05) is 23.7 Å². The number of likely N-dealkylation sites (tertiary alicyclic amines) is 1. The molecule has 0 radical (unpaired) electrons. The summed E-state index contributed by atoms with van der Waals surface area (Å²) in [5, 5.41) is 8.15. The van der Waals surface area contributed by atoms with Crippen molar-refractivity contribution in [3.8, 4) is 5.69 Å². The summed E-state index contributed by atoms with van der Waals surface area (Å²) in [6.45, 7) is 5.82. The number of carbonyl (C=O) groups is 1. The number of hydrogen-bond donors (Lipinski definition) is 1. The van der Waals surface area contributed by atoms with E-state index in [-0.39, 0.29) is 12.0 Å². The van der Waals surface area contributed by atoms with Crippen molar-refractivity contribution in [2.24, 2.45) is 0 Å². The number of morpholine rings is 1. The van der Waals surface area contributed by atoms with E-state index in [0.29, 0.717) is 19.1 Å². The number of hydrogen-bond acceptors (Lipinski definition) is 5. The van der Waals surface area contributed by atoms with Gasteiger partial charge in [0.1, 0.15) is 11.9 Å². The second kappa shape index (κ2) is 8.55. The van der Waals surface area contributed by atoms with Gasteiger partial charge in [-0.1, -0.05) is 17.7 Å². The SMILES string of the molecule is CNc1cc(C2CCN(C(=O)C3CN(C)CCO3)CC2)nn1-c1ccc(C)cc1. The molecular formula is C22H31N5O2. The first-order valence-electron chi connectivity index (χ1n) is 10.5. The molecular weight excluding hydrogens is 366 g/mol. The molecule has 1 aromatic heterocycles. The Labute approximate surface area is 172 Å². The van der Waals surface area contributed by atoms with Crippen molar-refractivity contribution in [1.82, 2.24) is 19.6 Å². The van der Waals surface area contributed by atoms with Crippen LogP contribution in [0, 0.1) is 6.92 Å². The van der Waals surface area contributed by atoms with E-state index in [2.05, 4.69) is 47.5 Å². The predicted molar refractivity (Wildman–Crippen MR) is 114 cm³/mol. The average molecular weight is 398 g/mol. The number of piperidine rings is 1. The van der Waals surface area contributed by atoms with E-state index in [0.717, 1.165) is 49.7 Å². The molecule has 7 nitrogen and oxygen atoms in total. The summed E-state index contributed by atoms with van der Waals surface area (Å²) < 4.78 is 7.68. The van der Waals surface area contributed by atoms with Crippen LogP contribution in [0.1, 0.15) is 30.0 Å². The summed E-state index contributed by atoms with van der Waals surface area (Å²) in [6.07, 6.45) is 1.55. The Morgan fingerprint density at radius 3 is 2.55 bits per heavy atom. The Morgan fingerprint density at radius 1 is 1.17 bits per heavy atom. The Kier molecular flexibility index (Phi) is 5.87. The highest BCUT2D eigenvalue weighted by Gasteiger charge is 2.32. The number of aryl methyl sites for hydroxylation is 1. The molecule has 1 amide bonds. The Balaban J connectivity index is 1.42. The molecule has 0 aliphatic carbocycles. The lowest BCUT2D eigenvalue weighted by Crippen LogP contribution is -2.51. The first kappa shape index (κ1) is 19.9. The summed E-state index contributed by atoms with van der Waals surface area (Å²) in [7, 11) is 3.96. The van der Waals surface area contributed by atoms with Gasteiger partial charge in [-0.3, -0.25) is 4.79 Å². The second-order valence-electron chi connectivity index (χ2n) is 8.17. The number of rotatable bonds is 4. The van der Waals surface area contributed by atoms with Gasteiger partial charge in [-0.25, -0.2) is 4.68 Å². The van der Waals surface area contributed by atoms with E-state index in [4.69, 9.17) is 9.84 Å². The van der Waals surface area contributed by atoms with Crippen molar-refractivity contribution in [2.45, 2.75) is 31.8 Å². The van der Waals surface area contributed by atoms with Gasteiger partial charge in [-0.15, -0.1) is 0 Å². The lowest BCUT2D eigenvalue weighted by molar-refractivity contribution is -0.149. The van der Waals surface area contributed by atoms with Crippen LogP contribution in [0.25, 0.3) is 5.69 Å². The zero-order valence-electron chi connectivity index (χ0n) is 17.6. The van der Waals surface area contributed by atoms with Crippen LogP contribution in [0.5, 0.6) is 0 Å². The molecule has 2 saturated heterocycles. The van der Waals surface area contributed by atoms with Crippen molar-refractivity contribution in [2.75, 3.05) is 52.2 Å². The lowest BCUT2D eigenvalue weighted by atomic mass is 9.93. The number of benzene rings is 1. The molecule has 4 rings (SSSR count). The highest BCUT2D eigenvalue weighted by Crippen LogP contribution is 2.30. The summed E-state index contributed by atoms with van der Waals surface area (Å²) in [6, 6.07) is 10.5. The Hall–Kier alpha value is -2.38. The van der Waals surface area contributed by atoms with Gasteiger partial charge in [-0.05, 0) is 38.9 Å². The number of carbonyl (C=O) groups excluding carboxylic acids is 1. The second-order valence-corrected chi connectivity index (χ2v) is 8.17. The third-order valence-corrected chi connectivity index (χ3v) is 6.03. The molecule has 156 valence electrons. The zero-order valence-corrected chi connectivity index (χ0v) is 17.6. The summed E-state index contributed by atoms with van der Waals surface area (Å²) in [4.78, 5) is 16.9. The quantitative estimate of drug-likeness (QED) is 0.858. The summed E-state index contributed by atoms with van der Waals surface area (Å²) in [5.41, 5.74) is 3.38. The van der Waals surface area contributed by atoms with Gasteiger partial charge in [0.05, 0.1) is 18.0 Å². The minimum atomic E-state index is -0.318. The third-order valence-electron chi connectivity index (χ3n) is 6.03. The maximum absolute atomic E-state index is 12.8. The Bertz CT molecular complexity index is 839. The van der Waals surface area contributed by atoms with Crippen molar-refractivity contribution >= 4 is 11.7 Å². The molecule has 1 N–H and O–H groups in total. The molecule has 2 aliphatic rings. The molecule has 29 heavy (non-hydrogen) atoms. The summed E-state index contributed by atoms with van der Waals surface area (Å²) >= 11 is 0. The molecule has 1 aromatic carbocycles. The maximum atomic E-state index is 12.8. The Morgan fingerprint density at radius 2 is 1.90 bits per heavy atom. The molecule has 2 fully saturated rings. The molecule has 1 atom stereocenters. The van der Waals surface area contributed by atoms with Gasteiger partial charge in [0.2, 0.25) is 0 Å². The molecule has 0 bridgehead atoms. The van der Waals surface area contributed by atoms with Crippen LogP contribution in [0.15, 0.2) is 30.3 Å². The first-order chi connectivity index (χ1) is 14.0. The van der Waals surface area contributed by atoms with E-state index in [1.165, 1.54) is 5.56 Å². The highest BCUT2D eigenvalue weighted by molar-refractivity contribution is 5.81. The number of likely N-dealkylation sites (N-methyl/N-ethyl adjacent to an activating group) is 1. The standard InChI is InChI=1S/C22H31N5O2/c1-16-4-6-18(7-5-16)27-21(23-2)14-19(24-27)17-8-10-26(11-9-17)22(28)20-15-25(3)12-13-29-20/h4-7,14,17,20,23H,8-13,15H2,1-3H3. The number of nitrogens with one attached hydrogen (secondary N) is 1. The lowest BCUT2D eigenvalue weighted by Gasteiger charge is -2.36. The fourth-order valence-electron chi connectivity index (χ4n) is 4.19. The van der Waals surface area contributed by atoms with Crippen LogP contribution in [0.3, 0.4) is 0 Å². The largest absolute Gasteiger partial charge is 0.373 e. The fourth-order valence-corrected chi connectivity index (χ4v) is 4.19. The van der Waals surface area contributed by atoms with Gasteiger partial charge in [0.15, 0.2) is 0 Å². The molecule has 7 heteroatoms. The summed E-state index contributed by atoms with van der Waals surface area (Å²) in [5.74, 6) is 1.49.